The first-order valence-electron chi connectivity index (χ1n) is 5.62. The Morgan fingerprint density at radius 2 is 2.11 bits per heavy atom. The molecule has 1 aliphatic rings. The third-order valence-electron chi connectivity index (χ3n) is 2.61. The zero-order chi connectivity index (χ0) is 13.0. The van der Waals surface area contributed by atoms with Crippen molar-refractivity contribution < 1.29 is 19.1 Å². The maximum Gasteiger partial charge on any atom is 0.337 e. The number of carbonyl (C=O) groups excluding carboxylic acids is 2. The molecule has 1 atom stereocenters. The predicted molar refractivity (Wildman–Crippen MR) is 64.1 cm³/mol. The van der Waals surface area contributed by atoms with Crippen LogP contribution in [0.2, 0.25) is 0 Å². The van der Waals surface area contributed by atoms with Crippen molar-refractivity contribution in [3.63, 3.8) is 0 Å². The first-order chi connectivity index (χ1) is 8.70. The van der Waals surface area contributed by atoms with E-state index in [9.17, 15) is 9.59 Å². The minimum absolute atomic E-state index is 0.155. The highest BCUT2D eigenvalue weighted by Crippen LogP contribution is 2.16. The van der Waals surface area contributed by atoms with Gasteiger partial charge in [0.1, 0.15) is 0 Å². The molecule has 0 fully saturated rings. The molecule has 0 aromatic heterocycles. The van der Waals surface area contributed by atoms with E-state index in [1.54, 1.807) is 0 Å². The van der Waals surface area contributed by atoms with E-state index >= 15 is 0 Å². The molecule has 1 heterocycles. The van der Waals surface area contributed by atoms with E-state index in [4.69, 9.17) is 4.74 Å². The van der Waals surface area contributed by atoms with E-state index in [1.165, 1.54) is 7.11 Å². The van der Waals surface area contributed by atoms with E-state index in [-0.39, 0.29) is 12.4 Å². The van der Waals surface area contributed by atoms with E-state index in [0.717, 1.165) is 5.56 Å². The Labute approximate surface area is 104 Å². The summed E-state index contributed by atoms with van der Waals surface area (Å²) in [5, 5.41) is 0. The van der Waals surface area contributed by atoms with Gasteiger partial charge in [0, 0.05) is 12.0 Å². The highest BCUT2D eigenvalue weighted by molar-refractivity contribution is 6.06. The molecule has 0 aliphatic carbocycles. The lowest BCUT2D eigenvalue weighted by Crippen LogP contribution is -2.16. The number of esters is 2. The largest absolute Gasteiger partial charge is 0.469 e. The van der Waals surface area contributed by atoms with Gasteiger partial charge in [-0.05, 0) is 18.6 Å². The lowest BCUT2D eigenvalue weighted by Gasteiger charge is -2.01. The molecular weight excluding hydrogens is 234 g/mol. The Hall–Kier alpha value is -2.17. The fraction of sp³-hybridized carbons (Fsp3) is 0.308. The van der Waals surface area contributed by atoms with Crippen molar-refractivity contribution in [1.29, 1.82) is 0 Å². The Bertz CT molecular complexity index is 481. The lowest BCUT2D eigenvalue weighted by atomic mass is 10.2. The normalized spacial score (nSPS) is 18.2. The summed E-state index contributed by atoms with van der Waals surface area (Å²) in [5.74, 6) is -0.459. The smallest absolute Gasteiger partial charge is 0.337 e. The van der Waals surface area contributed by atoms with Crippen molar-refractivity contribution in [3.8, 4) is 0 Å². The second-order valence-corrected chi connectivity index (χ2v) is 3.85. The monoisotopic (exact) mass is 247 g/mol. The molecule has 1 unspecified atom stereocenters. The van der Waals surface area contributed by atoms with Crippen LogP contribution in [0.5, 0.6) is 0 Å². The molecule has 1 aromatic rings. The first kappa shape index (κ1) is 12.3. The van der Waals surface area contributed by atoms with Gasteiger partial charge in [-0.25, -0.2) is 9.79 Å². The molecule has 1 aliphatic heterocycles. The SMILES string of the molecule is COC(=O)CCC1N=C(c2ccccc2)OC1=O. The Balaban J connectivity index is 2.03. The quantitative estimate of drug-likeness (QED) is 0.752. The summed E-state index contributed by atoms with van der Waals surface area (Å²) in [6.45, 7) is 0. The van der Waals surface area contributed by atoms with E-state index < -0.39 is 12.0 Å². The van der Waals surface area contributed by atoms with Crippen molar-refractivity contribution in [2.45, 2.75) is 18.9 Å². The van der Waals surface area contributed by atoms with Crippen molar-refractivity contribution in [3.05, 3.63) is 35.9 Å². The van der Waals surface area contributed by atoms with Gasteiger partial charge in [-0.1, -0.05) is 18.2 Å². The summed E-state index contributed by atoms with van der Waals surface area (Å²) in [7, 11) is 1.31. The first-order valence-corrected chi connectivity index (χ1v) is 5.62. The molecule has 0 N–H and O–H groups in total. The number of hydrogen-bond acceptors (Lipinski definition) is 5. The molecule has 0 spiro atoms. The minimum Gasteiger partial charge on any atom is -0.469 e. The van der Waals surface area contributed by atoms with Gasteiger partial charge >= 0.3 is 11.9 Å². The molecule has 0 bridgehead atoms. The average Bonchev–Trinajstić information content (AvgIpc) is 2.78. The number of nitrogens with zero attached hydrogens (tertiary/aromatic N) is 1. The van der Waals surface area contributed by atoms with Crippen LogP contribution in [0.3, 0.4) is 0 Å². The van der Waals surface area contributed by atoms with Gasteiger partial charge < -0.3 is 9.47 Å². The van der Waals surface area contributed by atoms with Gasteiger partial charge in [-0.2, -0.15) is 0 Å². The predicted octanol–water partition coefficient (Wildman–Crippen LogP) is 1.31. The number of cyclic esters (lactones) is 1. The van der Waals surface area contributed by atoms with Gasteiger partial charge in [0.05, 0.1) is 7.11 Å². The van der Waals surface area contributed by atoms with Gasteiger partial charge in [-0.3, -0.25) is 4.79 Å². The molecule has 2 rings (SSSR count). The van der Waals surface area contributed by atoms with Crippen molar-refractivity contribution in [1.82, 2.24) is 0 Å². The molecule has 5 nitrogen and oxygen atoms in total. The van der Waals surface area contributed by atoms with Crippen LogP contribution < -0.4 is 0 Å². The van der Waals surface area contributed by atoms with Crippen LogP contribution in [0.1, 0.15) is 18.4 Å². The number of carbonyl (C=O) groups is 2. The van der Waals surface area contributed by atoms with Gasteiger partial charge in [0.15, 0.2) is 6.04 Å². The number of ether oxygens (including phenoxy) is 2. The highest BCUT2D eigenvalue weighted by atomic mass is 16.6. The van der Waals surface area contributed by atoms with Gasteiger partial charge in [0.25, 0.3) is 0 Å². The number of methoxy groups -OCH3 is 1. The summed E-state index contributed by atoms with van der Waals surface area (Å²) in [5.41, 5.74) is 0.756. The molecule has 94 valence electrons. The van der Waals surface area contributed by atoms with E-state index in [0.29, 0.717) is 12.3 Å². The van der Waals surface area contributed by atoms with Gasteiger partial charge in [-0.15, -0.1) is 0 Å². The number of aliphatic imine (C=N–C) groups is 1. The maximum atomic E-state index is 11.6. The van der Waals surface area contributed by atoms with Crippen molar-refractivity contribution in [2.75, 3.05) is 7.11 Å². The number of rotatable bonds is 4. The Kier molecular flexibility index (Phi) is 3.72. The summed E-state index contributed by atoms with van der Waals surface area (Å²) in [6, 6.07) is 8.57. The van der Waals surface area contributed by atoms with Crippen LogP contribution in [0.25, 0.3) is 0 Å². The zero-order valence-electron chi connectivity index (χ0n) is 9.96. The Morgan fingerprint density at radius 3 is 2.78 bits per heavy atom. The third-order valence-corrected chi connectivity index (χ3v) is 2.61. The van der Waals surface area contributed by atoms with Crippen LogP contribution >= 0.6 is 0 Å². The second kappa shape index (κ2) is 5.44. The van der Waals surface area contributed by atoms with Crippen LogP contribution in [-0.4, -0.2) is 31.0 Å². The van der Waals surface area contributed by atoms with Crippen LogP contribution in [0.4, 0.5) is 0 Å². The zero-order valence-corrected chi connectivity index (χ0v) is 9.96. The fourth-order valence-electron chi connectivity index (χ4n) is 1.64. The summed E-state index contributed by atoms with van der Waals surface area (Å²) < 4.78 is 9.60. The molecule has 18 heavy (non-hydrogen) atoms. The molecule has 0 saturated heterocycles. The lowest BCUT2D eigenvalue weighted by molar-refractivity contribution is -0.141. The number of benzene rings is 1. The van der Waals surface area contributed by atoms with Crippen LogP contribution in [0, 0.1) is 0 Å². The molecule has 5 heteroatoms. The van der Waals surface area contributed by atoms with Crippen LogP contribution in [-0.2, 0) is 19.1 Å². The van der Waals surface area contributed by atoms with Gasteiger partial charge in [0.2, 0.25) is 5.90 Å². The minimum atomic E-state index is -0.612. The summed E-state index contributed by atoms with van der Waals surface area (Å²) in [4.78, 5) is 26.8. The highest BCUT2D eigenvalue weighted by Gasteiger charge is 2.29. The molecule has 0 amide bonds. The third kappa shape index (κ3) is 2.74. The summed E-state index contributed by atoms with van der Waals surface area (Å²) in [6.07, 6.45) is 0.462. The van der Waals surface area contributed by atoms with Crippen molar-refractivity contribution >= 4 is 17.8 Å². The van der Waals surface area contributed by atoms with E-state index in [2.05, 4.69) is 9.73 Å². The van der Waals surface area contributed by atoms with E-state index in [1.807, 2.05) is 30.3 Å². The fourth-order valence-corrected chi connectivity index (χ4v) is 1.64. The maximum absolute atomic E-state index is 11.6. The van der Waals surface area contributed by atoms with Crippen molar-refractivity contribution in [2.24, 2.45) is 4.99 Å². The molecule has 0 radical (unpaired) electrons. The standard InChI is InChI=1S/C13H13NO4/c1-17-11(15)8-7-10-13(16)18-12(14-10)9-5-3-2-4-6-9/h2-6,10H,7-8H2,1H3. The van der Waals surface area contributed by atoms with Crippen LogP contribution in [0.15, 0.2) is 35.3 Å². The summed E-state index contributed by atoms with van der Waals surface area (Å²) >= 11 is 0. The average molecular weight is 247 g/mol. The Morgan fingerprint density at radius 1 is 1.39 bits per heavy atom. The number of hydrogen-bond donors (Lipinski definition) is 0. The topological polar surface area (TPSA) is 65.0 Å². The molecule has 1 aromatic carbocycles. The molecular formula is C13H13NO4. The molecule has 0 saturated carbocycles. The second-order valence-electron chi connectivity index (χ2n) is 3.85.